The minimum atomic E-state index is 0.127. The molecule has 2 aromatic rings. The van der Waals surface area contributed by atoms with E-state index >= 15 is 0 Å². The quantitative estimate of drug-likeness (QED) is 0.881. The van der Waals surface area contributed by atoms with E-state index in [1.807, 2.05) is 12.1 Å². The van der Waals surface area contributed by atoms with E-state index in [1.54, 1.807) is 0 Å². The fourth-order valence-electron chi connectivity index (χ4n) is 5.12. The number of benzene rings is 2. The molecule has 1 N–H and O–H groups in total. The Labute approximate surface area is 161 Å². The molecule has 27 heavy (non-hydrogen) atoms. The van der Waals surface area contributed by atoms with Crippen LogP contribution in [-0.4, -0.2) is 37.0 Å². The highest BCUT2D eigenvalue weighted by Gasteiger charge is 2.39. The van der Waals surface area contributed by atoms with Crippen molar-refractivity contribution in [1.82, 2.24) is 10.2 Å². The summed E-state index contributed by atoms with van der Waals surface area (Å²) in [6.07, 6.45) is 7.78. The standard InChI is InChI=1S/C24H26N2O/c27-23(21-7-3-2-6-20(21)19-10-14-25-17-19)26-15-12-24(13-16-26)11-9-18-5-1-4-8-22(18)24/h1-9,11,19,25H,10,12-17H2/t19-/m0/s1. The Hall–Kier alpha value is -2.39. The number of carbonyl (C=O) groups excluding carboxylic acids is 1. The summed E-state index contributed by atoms with van der Waals surface area (Å²) in [5, 5.41) is 3.43. The van der Waals surface area contributed by atoms with Gasteiger partial charge < -0.3 is 10.2 Å². The number of rotatable bonds is 2. The van der Waals surface area contributed by atoms with E-state index in [1.165, 1.54) is 16.7 Å². The van der Waals surface area contributed by atoms with Gasteiger partial charge in [-0.15, -0.1) is 0 Å². The molecule has 1 spiro atoms. The molecule has 2 saturated heterocycles. The lowest BCUT2D eigenvalue weighted by Crippen LogP contribution is -2.44. The van der Waals surface area contributed by atoms with Crippen LogP contribution in [-0.2, 0) is 5.41 Å². The van der Waals surface area contributed by atoms with E-state index in [4.69, 9.17) is 0 Å². The smallest absolute Gasteiger partial charge is 0.254 e. The maximum absolute atomic E-state index is 13.3. The summed E-state index contributed by atoms with van der Waals surface area (Å²) in [5.41, 5.74) is 5.04. The zero-order valence-corrected chi connectivity index (χ0v) is 15.7. The molecule has 2 fully saturated rings. The molecule has 3 nitrogen and oxygen atoms in total. The van der Waals surface area contributed by atoms with Gasteiger partial charge in [0.1, 0.15) is 0 Å². The number of likely N-dealkylation sites (tertiary alicyclic amines) is 1. The average molecular weight is 358 g/mol. The lowest BCUT2D eigenvalue weighted by molar-refractivity contribution is 0.0689. The van der Waals surface area contributed by atoms with Gasteiger partial charge in [0.05, 0.1) is 0 Å². The molecule has 3 heteroatoms. The third kappa shape index (κ3) is 2.81. The van der Waals surface area contributed by atoms with Crippen molar-refractivity contribution in [3.8, 4) is 0 Å². The normalized spacial score (nSPS) is 23.0. The molecule has 2 heterocycles. The Kier molecular flexibility index (Phi) is 4.13. The summed E-state index contributed by atoms with van der Waals surface area (Å²) in [4.78, 5) is 15.4. The molecule has 1 aliphatic carbocycles. The van der Waals surface area contributed by atoms with Crippen molar-refractivity contribution < 1.29 is 4.79 Å². The molecule has 0 aromatic heterocycles. The van der Waals surface area contributed by atoms with Gasteiger partial charge in [0.2, 0.25) is 0 Å². The van der Waals surface area contributed by atoms with Gasteiger partial charge in [0, 0.05) is 30.6 Å². The Bertz CT molecular complexity index is 887. The van der Waals surface area contributed by atoms with Crippen LogP contribution in [0, 0.1) is 0 Å². The van der Waals surface area contributed by atoms with Gasteiger partial charge in [-0.1, -0.05) is 54.6 Å². The Morgan fingerprint density at radius 3 is 2.63 bits per heavy atom. The van der Waals surface area contributed by atoms with E-state index in [-0.39, 0.29) is 11.3 Å². The van der Waals surface area contributed by atoms with Gasteiger partial charge in [0.25, 0.3) is 5.91 Å². The van der Waals surface area contributed by atoms with Crippen molar-refractivity contribution in [3.05, 3.63) is 76.9 Å². The minimum absolute atomic E-state index is 0.127. The lowest BCUT2D eigenvalue weighted by Gasteiger charge is -2.39. The topological polar surface area (TPSA) is 32.3 Å². The molecule has 0 unspecified atom stereocenters. The van der Waals surface area contributed by atoms with Gasteiger partial charge in [-0.05, 0) is 54.5 Å². The van der Waals surface area contributed by atoms with Crippen LogP contribution in [0.3, 0.4) is 0 Å². The highest BCUT2D eigenvalue weighted by molar-refractivity contribution is 5.96. The first-order chi connectivity index (χ1) is 13.3. The van der Waals surface area contributed by atoms with Gasteiger partial charge in [-0.25, -0.2) is 0 Å². The molecule has 138 valence electrons. The molecule has 5 rings (SSSR count). The number of carbonyl (C=O) groups is 1. The van der Waals surface area contributed by atoms with E-state index in [0.29, 0.717) is 5.92 Å². The summed E-state index contributed by atoms with van der Waals surface area (Å²) in [5.74, 6) is 0.675. The van der Waals surface area contributed by atoms with E-state index in [0.717, 1.165) is 51.0 Å². The molecule has 0 radical (unpaired) electrons. The second-order valence-corrected chi connectivity index (χ2v) is 8.15. The van der Waals surface area contributed by atoms with Crippen LogP contribution in [0.25, 0.3) is 6.08 Å². The average Bonchev–Trinajstić information content (AvgIpc) is 3.38. The fourth-order valence-corrected chi connectivity index (χ4v) is 5.12. The predicted molar refractivity (Wildman–Crippen MR) is 109 cm³/mol. The number of piperidine rings is 1. The fraction of sp³-hybridized carbons (Fsp3) is 0.375. The van der Waals surface area contributed by atoms with Crippen LogP contribution in [0.4, 0.5) is 0 Å². The molecule has 0 bridgehead atoms. The van der Waals surface area contributed by atoms with Crippen LogP contribution in [0.5, 0.6) is 0 Å². The largest absolute Gasteiger partial charge is 0.339 e. The van der Waals surface area contributed by atoms with Crippen LogP contribution >= 0.6 is 0 Å². The van der Waals surface area contributed by atoms with Crippen molar-refractivity contribution in [1.29, 1.82) is 0 Å². The first-order valence-corrected chi connectivity index (χ1v) is 10.1. The van der Waals surface area contributed by atoms with Crippen molar-refractivity contribution in [2.45, 2.75) is 30.6 Å². The van der Waals surface area contributed by atoms with Gasteiger partial charge in [-0.2, -0.15) is 0 Å². The van der Waals surface area contributed by atoms with Crippen LogP contribution in [0.15, 0.2) is 54.6 Å². The van der Waals surface area contributed by atoms with Crippen molar-refractivity contribution in [2.75, 3.05) is 26.2 Å². The third-order valence-corrected chi connectivity index (χ3v) is 6.71. The first-order valence-electron chi connectivity index (χ1n) is 10.1. The Balaban J connectivity index is 1.35. The van der Waals surface area contributed by atoms with Gasteiger partial charge in [-0.3, -0.25) is 4.79 Å². The second kappa shape index (κ2) is 6.65. The predicted octanol–water partition coefficient (Wildman–Crippen LogP) is 3.96. The summed E-state index contributed by atoms with van der Waals surface area (Å²) in [7, 11) is 0. The molecule has 2 aromatic carbocycles. The third-order valence-electron chi connectivity index (χ3n) is 6.71. The zero-order chi connectivity index (χ0) is 18.3. The lowest BCUT2D eigenvalue weighted by atomic mass is 9.74. The maximum atomic E-state index is 13.3. The van der Waals surface area contributed by atoms with Crippen molar-refractivity contribution in [2.24, 2.45) is 0 Å². The molecule has 2 aliphatic heterocycles. The number of hydrogen-bond donors (Lipinski definition) is 1. The zero-order valence-electron chi connectivity index (χ0n) is 15.7. The highest BCUT2D eigenvalue weighted by atomic mass is 16.2. The number of nitrogens with zero attached hydrogens (tertiary/aromatic N) is 1. The van der Waals surface area contributed by atoms with Crippen LogP contribution in [0.1, 0.15) is 52.2 Å². The summed E-state index contributed by atoms with van der Waals surface area (Å²) in [6.45, 7) is 3.68. The van der Waals surface area contributed by atoms with Crippen LogP contribution in [0.2, 0.25) is 0 Å². The van der Waals surface area contributed by atoms with Crippen LogP contribution < -0.4 is 5.32 Å². The molecule has 0 saturated carbocycles. The summed E-state index contributed by atoms with van der Waals surface area (Å²) >= 11 is 0. The Morgan fingerprint density at radius 2 is 1.81 bits per heavy atom. The first kappa shape index (κ1) is 16.8. The number of nitrogens with one attached hydrogen (secondary N) is 1. The SMILES string of the molecule is O=C(c1ccccc1[C@H]1CCNC1)N1CCC2(C=Cc3ccccc32)CC1. The van der Waals surface area contributed by atoms with E-state index in [9.17, 15) is 4.79 Å². The summed E-state index contributed by atoms with van der Waals surface area (Å²) < 4.78 is 0. The van der Waals surface area contributed by atoms with Gasteiger partial charge in [0.15, 0.2) is 0 Å². The number of amides is 1. The van der Waals surface area contributed by atoms with Gasteiger partial charge >= 0.3 is 0 Å². The molecule has 3 aliphatic rings. The monoisotopic (exact) mass is 358 g/mol. The van der Waals surface area contributed by atoms with Crippen molar-refractivity contribution in [3.63, 3.8) is 0 Å². The Morgan fingerprint density at radius 1 is 1.04 bits per heavy atom. The molecule has 1 atom stereocenters. The van der Waals surface area contributed by atoms with E-state index in [2.05, 4.69) is 58.8 Å². The van der Waals surface area contributed by atoms with Crippen molar-refractivity contribution >= 4 is 12.0 Å². The number of fused-ring (bicyclic) bond motifs is 2. The maximum Gasteiger partial charge on any atom is 0.254 e. The number of allylic oxidation sites excluding steroid dienone is 1. The molecule has 1 amide bonds. The minimum Gasteiger partial charge on any atom is -0.339 e. The number of hydrogen-bond acceptors (Lipinski definition) is 2. The molecular weight excluding hydrogens is 332 g/mol. The van der Waals surface area contributed by atoms with E-state index < -0.39 is 0 Å². The second-order valence-electron chi connectivity index (χ2n) is 8.15. The molecular formula is C24H26N2O. The summed E-state index contributed by atoms with van der Waals surface area (Å²) in [6, 6.07) is 16.9. The highest BCUT2D eigenvalue weighted by Crippen LogP contribution is 2.43.